The van der Waals surface area contributed by atoms with Gasteiger partial charge in [-0.15, -0.1) is 15.3 Å². The Morgan fingerprint density at radius 3 is 2.93 bits per heavy atom. The summed E-state index contributed by atoms with van der Waals surface area (Å²) in [5.74, 6) is 0. The quantitative estimate of drug-likeness (QED) is 0.799. The van der Waals surface area contributed by atoms with Gasteiger partial charge in [-0.1, -0.05) is 0 Å². The van der Waals surface area contributed by atoms with Crippen LogP contribution in [-0.4, -0.2) is 25.0 Å². The van der Waals surface area contributed by atoms with Crippen LogP contribution in [-0.2, 0) is 13.6 Å². The monoisotopic (exact) mass is 222 g/mol. The molecule has 78 valence electrons. The highest BCUT2D eigenvalue weighted by molar-refractivity contribution is 7.99. The van der Waals surface area contributed by atoms with Gasteiger partial charge in [0, 0.05) is 25.4 Å². The minimum Gasteiger partial charge on any atom is -0.326 e. The van der Waals surface area contributed by atoms with Gasteiger partial charge in [0.25, 0.3) is 0 Å². The molecule has 0 aromatic carbocycles. The zero-order valence-electron chi connectivity index (χ0n) is 8.16. The molecule has 0 spiro atoms. The molecule has 15 heavy (non-hydrogen) atoms. The number of aryl methyl sites for hydroxylation is 1. The lowest BCUT2D eigenvalue weighted by molar-refractivity contribution is 0.781. The molecule has 0 saturated carbocycles. The Morgan fingerprint density at radius 2 is 2.27 bits per heavy atom. The van der Waals surface area contributed by atoms with Crippen LogP contribution in [0.4, 0.5) is 0 Å². The maximum Gasteiger partial charge on any atom is 0.197 e. The Hall–Kier alpha value is -1.47. The second-order valence-corrected chi connectivity index (χ2v) is 3.85. The fraction of sp³-hybridized carbons (Fsp3) is 0.250. The summed E-state index contributed by atoms with van der Waals surface area (Å²) in [4.78, 5) is 0. The van der Waals surface area contributed by atoms with E-state index in [-0.39, 0.29) is 0 Å². The third kappa shape index (κ3) is 2.13. The third-order valence-electron chi connectivity index (χ3n) is 1.84. The number of aromatic nitrogens is 5. The van der Waals surface area contributed by atoms with Gasteiger partial charge in [-0.3, -0.25) is 0 Å². The molecule has 7 heteroatoms. The second-order valence-electron chi connectivity index (χ2n) is 2.89. The molecular weight excluding hydrogens is 212 g/mol. The predicted octanol–water partition coefficient (Wildman–Crippen LogP) is 0.215. The molecule has 0 amide bonds. The molecule has 2 N–H and O–H groups in total. The molecule has 0 aliphatic rings. The van der Waals surface area contributed by atoms with Crippen molar-refractivity contribution in [2.75, 3.05) is 0 Å². The number of rotatable bonds is 3. The topological polar surface area (TPSA) is 82.5 Å². The first-order valence-electron chi connectivity index (χ1n) is 4.33. The van der Waals surface area contributed by atoms with E-state index in [2.05, 4.69) is 20.4 Å². The standard InChI is InChI=1S/C8H10N6S/c1-14-5-11-13-8(14)15-7-6(4-9)2-3-10-12-7/h2-3,5H,4,9H2,1H3. The highest BCUT2D eigenvalue weighted by atomic mass is 32.2. The van der Waals surface area contributed by atoms with Crippen molar-refractivity contribution in [2.24, 2.45) is 12.8 Å². The Labute approximate surface area is 90.9 Å². The molecule has 2 aromatic heterocycles. The number of nitrogens with zero attached hydrogens (tertiary/aromatic N) is 5. The van der Waals surface area contributed by atoms with Crippen molar-refractivity contribution in [3.63, 3.8) is 0 Å². The maximum atomic E-state index is 5.59. The summed E-state index contributed by atoms with van der Waals surface area (Å²) in [6.07, 6.45) is 3.27. The van der Waals surface area contributed by atoms with Crippen molar-refractivity contribution in [3.8, 4) is 0 Å². The minimum atomic E-state index is 0.440. The molecular formula is C8H10N6S. The summed E-state index contributed by atoms with van der Waals surface area (Å²) in [5.41, 5.74) is 6.55. The van der Waals surface area contributed by atoms with Crippen molar-refractivity contribution in [2.45, 2.75) is 16.7 Å². The average Bonchev–Trinajstić information content (AvgIpc) is 2.65. The van der Waals surface area contributed by atoms with Gasteiger partial charge in [-0.2, -0.15) is 5.10 Å². The van der Waals surface area contributed by atoms with Crippen LogP contribution in [0, 0.1) is 0 Å². The second kappa shape index (κ2) is 4.37. The van der Waals surface area contributed by atoms with Crippen LogP contribution in [0.1, 0.15) is 5.56 Å². The largest absolute Gasteiger partial charge is 0.326 e. The lowest BCUT2D eigenvalue weighted by Crippen LogP contribution is -2.01. The van der Waals surface area contributed by atoms with E-state index in [0.29, 0.717) is 6.54 Å². The lowest BCUT2D eigenvalue weighted by Gasteiger charge is -2.03. The van der Waals surface area contributed by atoms with E-state index in [4.69, 9.17) is 5.73 Å². The molecule has 2 rings (SSSR count). The van der Waals surface area contributed by atoms with Gasteiger partial charge < -0.3 is 10.3 Å². The van der Waals surface area contributed by atoms with E-state index < -0.39 is 0 Å². The minimum absolute atomic E-state index is 0.440. The van der Waals surface area contributed by atoms with Crippen molar-refractivity contribution in [1.82, 2.24) is 25.0 Å². The first-order valence-corrected chi connectivity index (χ1v) is 5.15. The molecule has 0 atom stereocenters. The maximum absolute atomic E-state index is 5.59. The van der Waals surface area contributed by atoms with E-state index in [1.165, 1.54) is 11.8 Å². The lowest BCUT2D eigenvalue weighted by atomic mass is 10.3. The van der Waals surface area contributed by atoms with Crippen LogP contribution in [0.25, 0.3) is 0 Å². The Balaban J connectivity index is 2.28. The summed E-state index contributed by atoms with van der Waals surface area (Å²) in [6, 6.07) is 1.85. The number of nitrogens with two attached hydrogens (primary N) is 1. The van der Waals surface area contributed by atoms with Gasteiger partial charge in [0.2, 0.25) is 0 Å². The van der Waals surface area contributed by atoms with E-state index in [1.54, 1.807) is 12.5 Å². The first kappa shape index (κ1) is 10.1. The highest BCUT2D eigenvalue weighted by Crippen LogP contribution is 2.25. The van der Waals surface area contributed by atoms with Crippen LogP contribution in [0.3, 0.4) is 0 Å². The summed E-state index contributed by atoms with van der Waals surface area (Å²) < 4.78 is 1.82. The summed E-state index contributed by atoms with van der Waals surface area (Å²) >= 11 is 1.41. The van der Waals surface area contributed by atoms with Crippen molar-refractivity contribution in [1.29, 1.82) is 0 Å². The van der Waals surface area contributed by atoms with E-state index in [0.717, 1.165) is 15.7 Å². The van der Waals surface area contributed by atoms with Crippen LogP contribution < -0.4 is 5.73 Å². The molecule has 2 heterocycles. The SMILES string of the molecule is Cn1cnnc1Sc1nnccc1CN. The summed E-state index contributed by atoms with van der Waals surface area (Å²) in [7, 11) is 1.88. The molecule has 0 aliphatic heterocycles. The van der Waals surface area contributed by atoms with Gasteiger partial charge >= 0.3 is 0 Å². The predicted molar refractivity (Wildman–Crippen MR) is 55.0 cm³/mol. The first-order chi connectivity index (χ1) is 7.31. The molecule has 0 radical (unpaired) electrons. The molecule has 0 fully saturated rings. The average molecular weight is 222 g/mol. The number of hydrogen-bond donors (Lipinski definition) is 1. The van der Waals surface area contributed by atoms with Gasteiger partial charge in [-0.05, 0) is 17.8 Å². The van der Waals surface area contributed by atoms with Gasteiger partial charge in [0.1, 0.15) is 11.4 Å². The zero-order chi connectivity index (χ0) is 10.7. The van der Waals surface area contributed by atoms with Crippen molar-refractivity contribution >= 4 is 11.8 Å². The fourth-order valence-corrected chi connectivity index (χ4v) is 1.86. The van der Waals surface area contributed by atoms with Gasteiger partial charge in [0.15, 0.2) is 5.16 Å². The van der Waals surface area contributed by atoms with Crippen molar-refractivity contribution < 1.29 is 0 Å². The van der Waals surface area contributed by atoms with Crippen LogP contribution in [0.15, 0.2) is 28.8 Å². The molecule has 2 aromatic rings. The van der Waals surface area contributed by atoms with Gasteiger partial charge in [-0.25, -0.2) is 0 Å². The third-order valence-corrected chi connectivity index (χ3v) is 2.93. The normalized spacial score (nSPS) is 10.5. The van der Waals surface area contributed by atoms with Crippen LogP contribution >= 0.6 is 11.8 Å². The Bertz CT molecular complexity index is 454. The Morgan fingerprint density at radius 1 is 1.40 bits per heavy atom. The number of hydrogen-bond acceptors (Lipinski definition) is 6. The molecule has 0 unspecified atom stereocenters. The highest BCUT2D eigenvalue weighted by Gasteiger charge is 2.08. The Kier molecular flexibility index (Phi) is 2.93. The van der Waals surface area contributed by atoms with Crippen LogP contribution in [0.2, 0.25) is 0 Å². The van der Waals surface area contributed by atoms with E-state index in [1.807, 2.05) is 17.7 Å². The summed E-state index contributed by atoms with van der Waals surface area (Å²) in [6.45, 7) is 0.440. The molecule has 6 nitrogen and oxygen atoms in total. The van der Waals surface area contributed by atoms with E-state index in [9.17, 15) is 0 Å². The molecule has 0 saturated heterocycles. The fourth-order valence-electron chi connectivity index (χ4n) is 1.04. The summed E-state index contributed by atoms with van der Waals surface area (Å²) in [5, 5.41) is 17.1. The van der Waals surface area contributed by atoms with Crippen molar-refractivity contribution in [3.05, 3.63) is 24.2 Å². The van der Waals surface area contributed by atoms with E-state index >= 15 is 0 Å². The zero-order valence-corrected chi connectivity index (χ0v) is 8.98. The van der Waals surface area contributed by atoms with Gasteiger partial charge in [0.05, 0.1) is 0 Å². The van der Waals surface area contributed by atoms with Crippen LogP contribution in [0.5, 0.6) is 0 Å². The molecule has 0 aliphatic carbocycles. The molecule has 0 bridgehead atoms. The smallest absolute Gasteiger partial charge is 0.197 e.